The van der Waals surface area contributed by atoms with Crippen LogP contribution < -0.4 is 0 Å². The molecule has 7 nitrogen and oxygen atoms in total. The molecule has 1 aromatic rings. The maximum atomic E-state index is 13.6. The summed E-state index contributed by atoms with van der Waals surface area (Å²) in [5.41, 5.74) is -0.203. The number of ether oxygens (including phenoxy) is 2. The second-order valence-electron chi connectivity index (χ2n) is 4.15. The summed E-state index contributed by atoms with van der Waals surface area (Å²) in [6, 6.07) is 4.28. The molecule has 0 atom stereocenters. The Morgan fingerprint density at radius 3 is 2.50 bits per heavy atom. The first kappa shape index (κ1) is 17.3. The van der Waals surface area contributed by atoms with Crippen LogP contribution in [-0.4, -0.2) is 31.3 Å². The highest BCUT2D eigenvalue weighted by Crippen LogP contribution is 2.24. The van der Waals surface area contributed by atoms with Gasteiger partial charge >= 0.3 is 11.9 Å². The lowest BCUT2D eigenvalue weighted by Gasteiger charge is -2.04. The second-order valence-corrected chi connectivity index (χ2v) is 4.15. The van der Waals surface area contributed by atoms with E-state index in [4.69, 9.17) is 0 Å². The minimum Gasteiger partial charge on any atom is -0.509 e. The Morgan fingerprint density at radius 1 is 1.27 bits per heavy atom. The van der Waals surface area contributed by atoms with E-state index >= 15 is 0 Å². The number of hydrogen-bond donors (Lipinski definition) is 1. The zero-order valence-corrected chi connectivity index (χ0v) is 12.3. The molecule has 0 aliphatic rings. The van der Waals surface area contributed by atoms with Crippen LogP contribution in [0.3, 0.4) is 0 Å². The van der Waals surface area contributed by atoms with Crippen LogP contribution in [-0.2, 0) is 19.1 Å². The zero-order chi connectivity index (χ0) is 16.7. The average Bonchev–Trinajstić information content (AvgIpc) is 2.49. The Bertz CT molecular complexity index is 620. The average molecular weight is 310 g/mol. The van der Waals surface area contributed by atoms with E-state index in [-0.39, 0.29) is 5.69 Å². The highest BCUT2D eigenvalue weighted by molar-refractivity contribution is 5.89. The first-order valence-electron chi connectivity index (χ1n) is 6.14. The fraction of sp³-hybridized carbons (Fsp3) is 0.286. The van der Waals surface area contributed by atoms with Gasteiger partial charge in [0.25, 0.3) is 0 Å². The first-order chi connectivity index (χ1) is 10.4. The number of methoxy groups -OCH3 is 2. The van der Waals surface area contributed by atoms with Gasteiger partial charge in [-0.1, -0.05) is 12.1 Å². The van der Waals surface area contributed by atoms with E-state index in [0.717, 1.165) is 14.2 Å². The number of aliphatic hydroxyl groups is 1. The SMILES string of the molecule is COC(=O)CC(O)=C(N=Nc1c(C)cccc1F)C(=O)OC. The monoisotopic (exact) mass is 310 g/mol. The number of benzene rings is 1. The maximum Gasteiger partial charge on any atom is 0.362 e. The summed E-state index contributed by atoms with van der Waals surface area (Å²) in [7, 11) is 2.19. The number of carbonyl (C=O) groups excluding carboxylic acids is 2. The van der Waals surface area contributed by atoms with Crippen molar-refractivity contribution in [2.75, 3.05) is 14.2 Å². The molecule has 0 fully saturated rings. The van der Waals surface area contributed by atoms with Crippen LogP contribution >= 0.6 is 0 Å². The van der Waals surface area contributed by atoms with E-state index in [0.29, 0.717) is 5.56 Å². The summed E-state index contributed by atoms with van der Waals surface area (Å²) < 4.78 is 22.4. The van der Waals surface area contributed by atoms with Crippen molar-refractivity contribution in [3.8, 4) is 0 Å². The van der Waals surface area contributed by atoms with Gasteiger partial charge in [0.2, 0.25) is 5.70 Å². The minimum atomic E-state index is -1.01. The standard InChI is InChI=1S/C14H15FN2O5/c1-8-5-4-6-9(15)12(8)16-17-13(14(20)22-3)10(18)7-11(19)21-2/h4-6,18H,7H2,1-3H3. The van der Waals surface area contributed by atoms with Crippen molar-refractivity contribution in [1.82, 2.24) is 0 Å². The van der Waals surface area contributed by atoms with Crippen molar-refractivity contribution >= 4 is 17.6 Å². The van der Waals surface area contributed by atoms with E-state index < -0.39 is 35.6 Å². The predicted octanol–water partition coefficient (Wildman–Crippen LogP) is 2.72. The van der Waals surface area contributed by atoms with Gasteiger partial charge in [0.1, 0.15) is 17.9 Å². The summed E-state index contributed by atoms with van der Waals surface area (Å²) >= 11 is 0. The number of aryl methyl sites for hydroxylation is 1. The van der Waals surface area contributed by atoms with Crippen molar-refractivity contribution in [3.05, 3.63) is 41.0 Å². The van der Waals surface area contributed by atoms with Gasteiger partial charge in [-0.3, -0.25) is 4.79 Å². The Balaban J connectivity index is 3.19. The van der Waals surface area contributed by atoms with E-state index in [1.807, 2.05) is 0 Å². The maximum absolute atomic E-state index is 13.6. The third-order valence-electron chi connectivity index (χ3n) is 2.63. The van der Waals surface area contributed by atoms with Gasteiger partial charge in [0.05, 0.1) is 14.2 Å². The lowest BCUT2D eigenvalue weighted by atomic mass is 10.2. The first-order valence-corrected chi connectivity index (χ1v) is 6.14. The van der Waals surface area contributed by atoms with Crippen LogP contribution in [0.15, 0.2) is 39.9 Å². The number of azo groups is 1. The fourth-order valence-corrected chi connectivity index (χ4v) is 1.46. The molecular formula is C14H15FN2O5. The molecule has 0 aliphatic heterocycles. The summed E-state index contributed by atoms with van der Waals surface area (Å²) in [5, 5.41) is 16.9. The third kappa shape index (κ3) is 4.37. The number of rotatable bonds is 5. The van der Waals surface area contributed by atoms with Crippen molar-refractivity contribution in [1.29, 1.82) is 0 Å². The van der Waals surface area contributed by atoms with Crippen molar-refractivity contribution < 1.29 is 28.6 Å². The van der Waals surface area contributed by atoms with Crippen molar-refractivity contribution in [2.24, 2.45) is 10.2 Å². The van der Waals surface area contributed by atoms with Crippen LogP contribution in [0.5, 0.6) is 0 Å². The van der Waals surface area contributed by atoms with E-state index in [9.17, 15) is 19.1 Å². The van der Waals surface area contributed by atoms with Crippen LogP contribution in [0.1, 0.15) is 12.0 Å². The number of carbonyl (C=O) groups is 2. The molecule has 0 saturated carbocycles. The molecule has 0 amide bonds. The molecule has 0 spiro atoms. The highest BCUT2D eigenvalue weighted by atomic mass is 19.1. The smallest absolute Gasteiger partial charge is 0.362 e. The molecule has 0 radical (unpaired) electrons. The highest BCUT2D eigenvalue weighted by Gasteiger charge is 2.19. The largest absolute Gasteiger partial charge is 0.509 e. The number of esters is 2. The molecule has 0 saturated heterocycles. The lowest BCUT2D eigenvalue weighted by molar-refractivity contribution is -0.140. The summed E-state index contributed by atoms with van der Waals surface area (Å²) in [4.78, 5) is 22.7. The van der Waals surface area contributed by atoms with Crippen LogP contribution in [0.25, 0.3) is 0 Å². The summed E-state index contributed by atoms with van der Waals surface area (Å²) in [6.45, 7) is 1.60. The van der Waals surface area contributed by atoms with Crippen LogP contribution in [0, 0.1) is 12.7 Å². The van der Waals surface area contributed by atoms with Crippen molar-refractivity contribution in [3.63, 3.8) is 0 Å². The molecule has 0 aromatic heterocycles. The summed E-state index contributed by atoms with van der Waals surface area (Å²) in [5.74, 6) is -3.12. The molecule has 0 unspecified atom stereocenters. The third-order valence-corrected chi connectivity index (χ3v) is 2.63. The predicted molar refractivity (Wildman–Crippen MR) is 74.0 cm³/mol. The van der Waals surface area contributed by atoms with E-state index in [1.165, 1.54) is 12.1 Å². The normalized spacial score (nSPS) is 12.0. The number of aliphatic hydroxyl groups excluding tert-OH is 1. The number of nitrogens with zero attached hydrogens (tertiary/aromatic N) is 2. The van der Waals surface area contributed by atoms with Gasteiger partial charge in [-0.05, 0) is 18.6 Å². The molecule has 0 heterocycles. The van der Waals surface area contributed by atoms with Gasteiger partial charge in [0, 0.05) is 0 Å². The molecule has 0 bridgehead atoms. The molecule has 8 heteroatoms. The molecule has 1 rings (SSSR count). The fourth-order valence-electron chi connectivity index (χ4n) is 1.46. The Labute approximate surface area is 126 Å². The topological polar surface area (TPSA) is 97.5 Å². The van der Waals surface area contributed by atoms with Gasteiger partial charge in [-0.2, -0.15) is 0 Å². The van der Waals surface area contributed by atoms with Gasteiger partial charge in [-0.15, -0.1) is 10.2 Å². The number of halogens is 1. The van der Waals surface area contributed by atoms with Crippen molar-refractivity contribution in [2.45, 2.75) is 13.3 Å². The summed E-state index contributed by atoms with van der Waals surface area (Å²) in [6.07, 6.45) is -0.587. The molecule has 1 aromatic carbocycles. The van der Waals surface area contributed by atoms with Gasteiger partial charge < -0.3 is 14.6 Å². The molecule has 22 heavy (non-hydrogen) atoms. The number of hydrogen-bond acceptors (Lipinski definition) is 7. The van der Waals surface area contributed by atoms with Crippen LogP contribution in [0.4, 0.5) is 10.1 Å². The Morgan fingerprint density at radius 2 is 1.95 bits per heavy atom. The molecule has 1 N–H and O–H groups in total. The molecule has 0 aliphatic carbocycles. The minimum absolute atomic E-state index is 0.0882. The van der Waals surface area contributed by atoms with Crippen LogP contribution in [0.2, 0.25) is 0 Å². The molecular weight excluding hydrogens is 295 g/mol. The Hall–Kier alpha value is -2.77. The van der Waals surface area contributed by atoms with E-state index in [1.54, 1.807) is 13.0 Å². The second kappa shape index (κ2) is 7.87. The Kier molecular flexibility index (Phi) is 6.18. The zero-order valence-electron chi connectivity index (χ0n) is 12.3. The van der Waals surface area contributed by atoms with Gasteiger partial charge in [0.15, 0.2) is 5.82 Å². The van der Waals surface area contributed by atoms with Gasteiger partial charge in [-0.25, -0.2) is 9.18 Å². The quantitative estimate of drug-likeness (QED) is 0.390. The van der Waals surface area contributed by atoms with E-state index in [2.05, 4.69) is 19.7 Å². The lowest BCUT2D eigenvalue weighted by Crippen LogP contribution is -2.09. The molecule has 118 valence electrons.